The highest BCUT2D eigenvalue weighted by Crippen LogP contribution is 2.40. The van der Waals surface area contributed by atoms with Crippen molar-refractivity contribution in [1.82, 2.24) is 0 Å². The fraction of sp³-hybridized carbons (Fsp3) is 0.583. The molecule has 0 amide bonds. The van der Waals surface area contributed by atoms with Crippen LogP contribution in [0, 0.1) is 25.7 Å². The Morgan fingerprint density at radius 1 is 1.12 bits per heavy atom. The first kappa shape index (κ1) is 19.0. The fourth-order valence-electron chi connectivity index (χ4n) is 4.29. The highest BCUT2D eigenvalue weighted by Gasteiger charge is 2.27. The number of benzene rings is 1. The van der Waals surface area contributed by atoms with Crippen LogP contribution in [0.3, 0.4) is 0 Å². The normalized spacial score (nSPS) is 20.5. The smallest absolute Gasteiger partial charge is 0.0166 e. The van der Waals surface area contributed by atoms with Gasteiger partial charge in [-0.2, -0.15) is 0 Å². The predicted molar refractivity (Wildman–Crippen MR) is 107 cm³/mol. The number of unbranched alkanes of at least 4 members (excludes halogenated alkanes) is 3. The number of aryl methyl sites for hydroxylation is 3. The summed E-state index contributed by atoms with van der Waals surface area (Å²) in [6.45, 7) is 14.9. The van der Waals surface area contributed by atoms with Crippen LogP contribution in [0.15, 0.2) is 42.5 Å². The van der Waals surface area contributed by atoms with Crippen LogP contribution in [0.1, 0.15) is 75.0 Å². The first-order valence-electron chi connectivity index (χ1n) is 9.84. The van der Waals surface area contributed by atoms with Crippen molar-refractivity contribution in [2.45, 2.75) is 78.6 Å². The molecule has 1 aromatic rings. The molecule has 0 nitrogen and oxygen atoms in total. The number of hydrogen-bond donors (Lipinski definition) is 0. The van der Waals surface area contributed by atoms with E-state index in [4.69, 9.17) is 0 Å². The van der Waals surface area contributed by atoms with Crippen LogP contribution in [0.25, 0.3) is 0 Å². The van der Waals surface area contributed by atoms with Crippen molar-refractivity contribution in [2.75, 3.05) is 0 Å². The maximum Gasteiger partial charge on any atom is -0.0166 e. The minimum atomic E-state index is 0.719. The van der Waals surface area contributed by atoms with Gasteiger partial charge >= 0.3 is 0 Å². The predicted octanol–water partition coefficient (Wildman–Crippen LogP) is 7.35. The molecule has 2 rings (SSSR count). The Hall–Kier alpha value is -1.30. The fourth-order valence-corrected chi connectivity index (χ4v) is 4.29. The molecule has 2 atom stereocenters. The molecule has 0 heterocycles. The molecular weight excluding hydrogens is 288 g/mol. The third-order valence-corrected chi connectivity index (χ3v) is 5.65. The van der Waals surface area contributed by atoms with Gasteiger partial charge in [-0.05, 0) is 75.8 Å². The van der Waals surface area contributed by atoms with E-state index < -0.39 is 0 Å². The van der Waals surface area contributed by atoms with E-state index in [2.05, 4.69) is 52.1 Å². The van der Waals surface area contributed by atoms with Crippen molar-refractivity contribution in [2.24, 2.45) is 11.8 Å². The van der Waals surface area contributed by atoms with Gasteiger partial charge in [0.2, 0.25) is 0 Å². The topological polar surface area (TPSA) is 0 Å². The van der Waals surface area contributed by atoms with E-state index in [0.717, 1.165) is 18.3 Å². The summed E-state index contributed by atoms with van der Waals surface area (Å²) in [4.78, 5) is 0. The Labute approximate surface area is 150 Å². The van der Waals surface area contributed by atoms with Crippen molar-refractivity contribution >= 4 is 0 Å². The molecule has 1 fully saturated rings. The lowest BCUT2D eigenvalue weighted by Gasteiger charge is -2.11. The molecule has 0 bridgehead atoms. The lowest BCUT2D eigenvalue weighted by molar-refractivity contribution is 0.439. The van der Waals surface area contributed by atoms with Gasteiger partial charge in [0.15, 0.2) is 0 Å². The number of rotatable bonds is 9. The average molecular weight is 325 g/mol. The van der Waals surface area contributed by atoms with Gasteiger partial charge in [0.1, 0.15) is 0 Å². The van der Waals surface area contributed by atoms with Gasteiger partial charge in [0.05, 0.1) is 0 Å². The Kier molecular flexibility index (Phi) is 7.34. The van der Waals surface area contributed by atoms with E-state index in [1.807, 2.05) is 0 Å². The van der Waals surface area contributed by atoms with Crippen LogP contribution in [-0.2, 0) is 6.42 Å². The summed E-state index contributed by atoms with van der Waals surface area (Å²) < 4.78 is 0. The van der Waals surface area contributed by atoms with Crippen LogP contribution < -0.4 is 0 Å². The first-order valence-corrected chi connectivity index (χ1v) is 9.84. The van der Waals surface area contributed by atoms with E-state index in [1.165, 1.54) is 79.2 Å². The second-order valence-electron chi connectivity index (χ2n) is 8.21. The summed E-state index contributed by atoms with van der Waals surface area (Å²) in [6, 6.07) is 6.87. The molecule has 2 unspecified atom stereocenters. The van der Waals surface area contributed by atoms with Gasteiger partial charge in [0, 0.05) is 0 Å². The minimum Gasteiger partial charge on any atom is -0.100 e. The van der Waals surface area contributed by atoms with E-state index in [0.29, 0.717) is 0 Å². The zero-order valence-electron chi connectivity index (χ0n) is 16.2. The van der Waals surface area contributed by atoms with Gasteiger partial charge in [-0.15, -0.1) is 6.58 Å². The molecule has 1 saturated carbocycles. The summed E-state index contributed by atoms with van der Waals surface area (Å²) >= 11 is 0. The summed E-state index contributed by atoms with van der Waals surface area (Å²) in [5.74, 6) is 1.61. The number of allylic oxidation sites excluding steroid dienone is 2. The largest absolute Gasteiger partial charge is 0.100 e. The van der Waals surface area contributed by atoms with Crippen molar-refractivity contribution in [3.8, 4) is 0 Å². The molecular formula is C24H36. The molecule has 0 radical (unpaired) electrons. The summed E-state index contributed by atoms with van der Waals surface area (Å²) in [5.41, 5.74) is 7.17. The maximum atomic E-state index is 4.30. The molecule has 132 valence electrons. The van der Waals surface area contributed by atoms with E-state index in [9.17, 15) is 0 Å². The third kappa shape index (κ3) is 5.96. The molecule has 0 heteroatoms. The number of hydrogen-bond acceptors (Lipinski definition) is 0. The Morgan fingerprint density at radius 2 is 1.88 bits per heavy atom. The molecule has 0 saturated heterocycles. The van der Waals surface area contributed by atoms with Crippen molar-refractivity contribution in [1.29, 1.82) is 0 Å². The van der Waals surface area contributed by atoms with Gasteiger partial charge in [-0.25, -0.2) is 0 Å². The minimum absolute atomic E-state index is 0.719. The summed E-state index contributed by atoms with van der Waals surface area (Å²) in [7, 11) is 0. The highest BCUT2D eigenvalue weighted by atomic mass is 14.3. The zero-order valence-corrected chi connectivity index (χ0v) is 16.2. The molecule has 24 heavy (non-hydrogen) atoms. The maximum absolute atomic E-state index is 4.30. The monoisotopic (exact) mass is 324 g/mol. The summed E-state index contributed by atoms with van der Waals surface area (Å²) in [6.07, 6.45) is 11.9. The van der Waals surface area contributed by atoms with Crippen molar-refractivity contribution in [3.05, 3.63) is 59.2 Å². The average Bonchev–Trinajstić information content (AvgIpc) is 2.84. The first-order chi connectivity index (χ1) is 11.5. The Balaban J connectivity index is 1.59. The van der Waals surface area contributed by atoms with Gasteiger partial charge in [-0.1, -0.05) is 67.2 Å². The molecule has 0 aromatic heterocycles. The van der Waals surface area contributed by atoms with Crippen LogP contribution in [0.5, 0.6) is 0 Å². The SMILES string of the molecule is C=C(C)CC1CC(CCCCCCc2ccc(C)cc2C)CC1=C. The third-order valence-electron chi connectivity index (χ3n) is 5.65. The van der Waals surface area contributed by atoms with Crippen LogP contribution in [0.4, 0.5) is 0 Å². The molecule has 1 aromatic carbocycles. The van der Waals surface area contributed by atoms with Gasteiger partial charge in [-0.3, -0.25) is 0 Å². The van der Waals surface area contributed by atoms with Gasteiger partial charge < -0.3 is 0 Å². The van der Waals surface area contributed by atoms with Crippen molar-refractivity contribution in [3.63, 3.8) is 0 Å². The second kappa shape index (κ2) is 9.25. The van der Waals surface area contributed by atoms with E-state index >= 15 is 0 Å². The molecule has 0 N–H and O–H groups in total. The summed E-state index contributed by atoms with van der Waals surface area (Å²) in [5, 5.41) is 0. The van der Waals surface area contributed by atoms with Gasteiger partial charge in [0.25, 0.3) is 0 Å². The quantitative estimate of drug-likeness (QED) is 0.329. The highest BCUT2D eigenvalue weighted by molar-refractivity contribution is 5.30. The van der Waals surface area contributed by atoms with E-state index in [-0.39, 0.29) is 0 Å². The van der Waals surface area contributed by atoms with Crippen LogP contribution in [-0.4, -0.2) is 0 Å². The van der Waals surface area contributed by atoms with Crippen LogP contribution in [0.2, 0.25) is 0 Å². The van der Waals surface area contributed by atoms with E-state index in [1.54, 1.807) is 0 Å². The second-order valence-corrected chi connectivity index (χ2v) is 8.21. The zero-order chi connectivity index (χ0) is 17.5. The lowest BCUT2D eigenvalue weighted by atomic mass is 9.94. The molecule has 0 aliphatic heterocycles. The Bertz CT molecular complexity index is 563. The standard InChI is InChI=1S/C24H36/c1-18(2)14-24-17-22(16-21(24)5)10-8-6-7-9-11-23-13-12-19(3)15-20(23)4/h12-13,15,22,24H,1,5-11,14,16-17H2,2-4H3. The Morgan fingerprint density at radius 3 is 2.58 bits per heavy atom. The molecule has 0 spiro atoms. The molecule has 1 aliphatic carbocycles. The van der Waals surface area contributed by atoms with Crippen LogP contribution >= 0.6 is 0 Å². The lowest BCUT2D eigenvalue weighted by Crippen LogP contribution is -1.98. The van der Waals surface area contributed by atoms with Crippen molar-refractivity contribution < 1.29 is 0 Å². The molecule has 1 aliphatic rings.